The van der Waals surface area contributed by atoms with Crippen LogP contribution in [0.1, 0.15) is 18.4 Å². The van der Waals surface area contributed by atoms with Gasteiger partial charge in [-0.3, -0.25) is 4.79 Å². The van der Waals surface area contributed by atoms with Crippen molar-refractivity contribution in [2.45, 2.75) is 19.3 Å². The van der Waals surface area contributed by atoms with E-state index in [1.165, 1.54) is 30.5 Å². The molecule has 2 heterocycles. The summed E-state index contributed by atoms with van der Waals surface area (Å²) >= 11 is 5.79. The summed E-state index contributed by atoms with van der Waals surface area (Å²) in [4.78, 5) is 14.2. The number of hydrogen-bond donors (Lipinski definition) is 1. The first-order chi connectivity index (χ1) is 14.5. The Morgan fingerprint density at radius 1 is 1.27 bits per heavy atom. The predicted octanol–water partition coefficient (Wildman–Crippen LogP) is 3.16. The average Bonchev–Trinajstić information content (AvgIpc) is 3.22. The first-order valence-electron chi connectivity index (χ1n) is 9.10. The van der Waals surface area contributed by atoms with Crippen molar-refractivity contribution in [2.75, 3.05) is 18.3 Å². The molecule has 1 unspecified atom stereocenters. The number of benzene rings is 1. The number of hydrogen-bond acceptors (Lipinski definition) is 6. The molecule has 0 aliphatic rings. The van der Waals surface area contributed by atoms with E-state index in [0.29, 0.717) is 30.0 Å². The van der Waals surface area contributed by atoms with Gasteiger partial charge >= 0.3 is 0 Å². The lowest BCUT2D eigenvalue weighted by Crippen LogP contribution is -2.25. The highest BCUT2D eigenvalue weighted by Crippen LogP contribution is 2.27. The van der Waals surface area contributed by atoms with Crippen molar-refractivity contribution in [1.29, 1.82) is 0 Å². The molecule has 0 saturated carbocycles. The highest BCUT2D eigenvalue weighted by molar-refractivity contribution is 6.17. The van der Waals surface area contributed by atoms with Gasteiger partial charge in [0.25, 0.3) is 0 Å². The number of aromatic nitrogens is 5. The SMILES string of the molecule is COc1cc(F)c(F)cc1CC(CCCCl)C(=O)Nc1cnn(-c2ccnnc2)n1. The van der Waals surface area contributed by atoms with Gasteiger partial charge in [0, 0.05) is 17.9 Å². The van der Waals surface area contributed by atoms with Crippen LogP contribution >= 0.6 is 11.6 Å². The van der Waals surface area contributed by atoms with Crippen molar-refractivity contribution in [2.24, 2.45) is 5.92 Å². The van der Waals surface area contributed by atoms with Gasteiger partial charge in [0.2, 0.25) is 5.91 Å². The van der Waals surface area contributed by atoms with Gasteiger partial charge in [-0.1, -0.05) is 0 Å². The van der Waals surface area contributed by atoms with Gasteiger partial charge in [0.1, 0.15) is 11.4 Å². The Labute approximate surface area is 176 Å². The molecule has 3 aromatic rings. The number of ether oxygens (including phenoxy) is 1. The van der Waals surface area contributed by atoms with E-state index in [1.807, 2.05) is 0 Å². The molecule has 0 saturated heterocycles. The molecule has 0 aliphatic carbocycles. The molecule has 158 valence electrons. The van der Waals surface area contributed by atoms with E-state index >= 15 is 0 Å². The minimum Gasteiger partial charge on any atom is -0.496 e. The van der Waals surface area contributed by atoms with Gasteiger partial charge in [-0.15, -0.1) is 21.5 Å². The van der Waals surface area contributed by atoms with Crippen LogP contribution in [0.2, 0.25) is 0 Å². The molecular weight excluding hydrogens is 418 g/mol. The van der Waals surface area contributed by atoms with Crippen molar-refractivity contribution in [3.05, 3.63) is 54.0 Å². The lowest BCUT2D eigenvalue weighted by molar-refractivity contribution is -0.120. The smallest absolute Gasteiger partial charge is 0.229 e. The third kappa shape index (κ3) is 5.26. The Balaban J connectivity index is 1.76. The number of carbonyl (C=O) groups excluding carboxylic acids is 1. The van der Waals surface area contributed by atoms with Crippen LogP contribution in [0.25, 0.3) is 5.69 Å². The van der Waals surface area contributed by atoms with Crippen LogP contribution in [-0.2, 0) is 11.2 Å². The number of alkyl halides is 1. The van der Waals surface area contributed by atoms with E-state index in [9.17, 15) is 13.6 Å². The molecule has 30 heavy (non-hydrogen) atoms. The van der Waals surface area contributed by atoms with E-state index in [2.05, 4.69) is 25.7 Å². The fourth-order valence-electron chi connectivity index (χ4n) is 2.91. The zero-order chi connectivity index (χ0) is 21.5. The third-order valence-electron chi connectivity index (χ3n) is 4.39. The molecule has 3 rings (SSSR count). The van der Waals surface area contributed by atoms with Crippen molar-refractivity contribution < 1.29 is 18.3 Å². The lowest BCUT2D eigenvalue weighted by Gasteiger charge is -2.17. The van der Waals surface area contributed by atoms with E-state index in [-0.39, 0.29) is 23.9 Å². The van der Waals surface area contributed by atoms with Crippen LogP contribution in [0.5, 0.6) is 5.75 Å². The normalized spacial score (nSPS) is 11.9. The highest BCUT2D eigenvalue weighted by Gasteiger charge is 2.23. The van der Waals surface area contributed by atoms with Gasteiger partial charge in [0.05, 0.1) is 25.7 Å². The highest BCUT2D eigenvalue weighted by atomic mass is 35.5. The second-order valence-electron chi connectivity index (χ2n) is 6.42. The summed E-state index contributed by atoms with van der Waals surface area (Å²) in [6, 6.07) is 3.68. The van der Waals surface area contributed by atoms with Gasteiger partial charge in [0.15, 0.2) is 17.5 Å². The van der Waals surface area contributed by atoms with E-state index in [1.54, 1.807) is 6.07 Å². The average molecular weight is 437 g/mol. The number of nitrogens with one attached hydrogen (secondary N) is 1. The minimum absolute atomic E-state index is 0.144. The Morgan fingerprint density at radius 2 is 2.07 bits per heavy atom. The summed E-state index contributed by atoms with van der Waals surface area (Å²) in [6.07, 6.45) is 5.53. The van der Waals surface area contributed by atoms with Crippen LogP contribution in [0.3, 0.4) is 0 Å². The monoisotopic (exact) mass is 436 g/mol. The Bertz CT molecular complexity index is 1000. The molecule has 8 nitrogen and oxygen atoms in total. The number of nitrogens with zero attached hydrogens (tertiary/aromatic N) is 5. The Kier molecular flexibility index (Phi) is 7.23. The van der Waals surface area contributed by atoms with Crippen molar-refractivity contribution in [3.8, 4) is 11.4 Å². The molecular formula is C19H19ClF2N6O2. The molecule has 0 aliphatic heterocycles. The lowest BCUT2D eigenvalue weighted by atomic mass is 9.93. The van der Waals surface area contributed by atoms with E-state index in [4.69, 9.17) is 16.3 Å². The van der Waals surface area contributed by atoms with E-state index in [0.717, 1.165) is 12.1 Å². The largest absolute Gasteiger partial charge is 0.496 e. The number of methoxy groups -OCH3 is 1. The maximum absolute atomic E-state index is 13.7. The summed E-state index contributed by atoms with van der Waals surface area (Å²) in [5.41, 5.74) is 0.966. The second kappa shape index (κ2) is 10.1. The maximum Gasteiger partial charge on any atom is 0.229 e. The van der Waals surface area contributed by atoms with Crippen molar-refractivity contribution >= 4 is 23.3 Å². The Hall–Kier alpha value is -3.14. The summed E-state index contributed by atoms with van der Waals surface area (Å²) < 4.78 is 32.4. The molecule has 0 bridgehead atoms. The number of amides is 1. The molecule has 11 heteroatoms. The number of carbonyl (C=O) groups is 1. The van der Waals surface area contributed by atoms with Crippen LogP contribution in [0.4, 0.5) is 14.6 Å². The predicted molar refractivity (Wildman–Crippen MR) is 106 cm³/mol. The summed E-state index contributed by atoms with van der Waals surface area (Å²) in [7, 11) is 1.36. The van der Waals surface area contributed by atoms with Crippen LogP contribution in [0, 0.1) is 17.6 Å². The summed E-state index contributed by atoms with van der Waals surface area (Å²) in [6.45, 7) is 0. The zero-order valence-electron chi connectivity index (χ0n) is 16.1. The molecule has 0 spiro atoms. The molecule has 1 aromatic carbocycles. The summed E-state index contributed by atoms with van der Waals surface area (Å²) in [5, 5.41) is 18.4. The van der Waals surface area contributed by atoms with Gasteiger partial charge < -0.3 is 10.1 Å². The number of anilines is 1. The van der Waals surface area contributed by atoms with Crippen LogP contribution in [0.15, 0.2) is 36.8 Å². The number of rotatable bonds is 9. The molecule has 1 atom stereocenters. The molecule has 1 N–H and O–H groups in total. The first-order valence-corrected chi connectivity index (χ1v) is 9.63. The number of halogens is 3. The molecule has 1 amide bonds. The van der Waals surface area contributed by atoms with Crippen molar-refractivity contribution in [3.63, 3.8) is 0 Å². The fraction of sp³-hybridized carbons (Fsp3) is 0.316. The molecule has 0 fully saturated rings. The Morgan fingerprint density at radius 3 is 2.77 bits per heavy atom. The minimum atomic E-state index is -1.01. The fourth-order valence-corrected chi connectivity index (χ4v) is 3.06. The molecule has 2 aromatic heterocycles. The van der Waals surface area contributed by atoms with Crippen LogP contribution in [-0.4, -0.2) is 44.1 Å². The van der Waals surface area contributed by atoms with Gasteiger partial charge in [-0.25, -0.2) is 8.78 Å². The maximum atomic E-state index is 13.7. The second-order valence-corrected chi connectivity index (χ2v) is 6.80. The first kappa shape index (κ1) is 21.6. The topological polar surface area (TPSA) is 94.8 Å². The third-order valence-corrected chi connectivity index (χ3v) is 4.66. The van der Waals surface area contributed by atoms with Crippen LogP contribution < -0.4 is 10.1 Å². The standard InChI is InChI=1S/C19H19ClF2N6O2/c1-30-17-9-16(22)15(21)8-13(17)7-12(3-2-5-20)19(29)26-18-11-25-28(27-18)14-4-6-23-24-10-14/h4,6,8-12H,2-3,5,7H2,1H3,(H,26,27,29). The van der Waals surface area contributed by atoms with Crippen molar-refractivity contribution in [1.82, 2.24) is 25.2 Å². The van der Waals surface area contributed by atoms with Gasteiger partial charge in [-0.2, -0.15) is 15.3 Å². The zero-order valence-corrected chi connectivity index (χ0v) is 16.8. The molecule has 0 radical (unpaired) electrons. The van der Waals surface area contributed by atoms with E-state index < -0.39 is 17.6 Å². The van der Waals surface area contributed by atoms with Gasteiger partial charge in [-0.05, 0) is 37.0 Å². The summed E-state index contributed by atoms with van der Waals surface area (Å²) in [5.74, 6) is -2.14. The quantitative estimate of drug-likeness (QED) is 0.518.